The molecule has 0 radical (unpaired) electrons. The SMILES string of the molecule is CC.CC(=O)[C@@H](C1CCCCC1)N1CCc2ccc(C3CCCN(C(=O)CNCc4ccc(F)cc4F)C3)cc2C1=O.[HH]. The van der Waals surface area contributed by atoms with Crippen LogP contribution in [-0.4, -0.2) is 59.6 Å². The first-order valence-corrected chi connectivity index (χ1v) is 15.7. The quantitative estimate of drug-likeness (QED) is 0.398. The number of piperidine rings is 1. The smallest absolute Gasteiger partial charge is 0.254 e. The predicted octanol–water partition coefficient (Wildman–Crippen LogP) is 6.27. The van der Waals surface area contributed by atoms with Gasteiger partial charge in [-0.3, -0.25) is 14.4 Å². The Balaban J connectivity index is 0.00000165. The minimum Gasteiger partial charge on any atom is -0.341 e. The molecule has 0 aromatic heterocycles. The van der Waals surface area contributed by atoms with E-state index < -0.39 is 11.6 Å². The Morgan fingerprint density at radius 1 is 1.00 bits per heavy atom. The van der Waals surface area contributed by atoms with Gasteiger partial charge in [0.15, 0.2) is 5.78 Å². The lowest BCUT2D eigenvalue weighted by atomic mass is 9.80. The summed E-state index contributed by atoms with van der Waals surface area (Å²) in [5.74, 6) is -0.937. The van der Waals surface area contributed by atoms with Gasteiger partial charge in [0.2, 0.25) is 5.91 Å². The number of carbonyl (C=O) groups is 3. The van der Waals surface area contributed by atoms with Crippen LogP contribution < -0.4 is 5.32 Å². The average molecular weight is 584 g/mol. The Labute approximate surface area is 250 Å². The normalized spacial score (nSPS) is 19.9. The Kier molecular flexibility index (Phi) is 11.2. The van der Waals surface area contributed by atoms with Crippen molar-refractivity contribution in [3.05, 3.63) is 70.3 Å². The molecule has 2 aromatic rings. The van der Waals surface area contributed by atoms with Crippen molar-refractivity contribution < 1.29 is 24.6 Å². The van der Waals surface area contributed by atoms with Crippen molar-refractivity contribution in [2.75, 3.05) is 26.2 Å². The highest BCUT2D eigenvalue weighted by atomic mass is 19.1. The first-order valence-electron chi connectivity index (χ1n) is 15.7. The standard InChI is InChI=1S/C32H39F2N3O3.C2H6.H2/c1-21(38)31(23-6-3-2-4-7-23)37-15-13-22-9-10-24(16-28(22)32(37)40)26-8-5-14-36(20-26)30(39)19-35-18-25-11-12-27(33)17-29(25)34;1-2;/h9-12,16-17,23,26,31,35H,2-8,13-15,18-20H2,1H3;1-2H3;1H/t26?,31-;;/m0../s1. The molecule has 2 aliphatic heterocycles. The Morgan fingerprint density at radius 3 is 2.48 bits per heavy atom. The van der Waals surface area contributed by atoms with Crippen LogP contribution in [0.4, 0.5) is 8.78 Å². The number of nitrogens with one attached hydrogen (secondary N) is 1. The summed E-state index contributed by atoms with van der Waals surface area (Å²) in [5.41, 5.74) is 3.08. The lowest BCUT2D eigenvalue weighted by Crippen LogP contribution is -2.51. The van der Waals surface area contributed by atoms with Crippen LogP contribution >= 0.6 is 0 Å². The van der Waals surface area contributed by atoms with E-state index in [2.05, 4.69) is 11.4 Å². The summed E-state index contributed by atoms with van der Waals surface area (Å²) in [7, 11) is 0. The van der Waals surface area contributed by atoms with Crippen LogP contribution in [0.25, 0.3) is 0 Å². The van der Waals surface area contributed by atoms with E-state index in [0.29, 0.717) is 30.8 Å². The highest BCUT2D eigenvalue weighted by molar-refractivity contribution is 6.00. The molecule has 2 atom stereocenters. The number of hydrogen-bond donors (Lipinski definition) is 1. The molecular weight excluding hydrogens is 536 g/mol. The van der Waals surface area contributed by atoms with Gasteiger partial charge in [-0.1, -0.05) is 51.3 Å². The lowest BCUT2D eigenvalue weighted by Gasteiger charge is -2.40. The van der Waals surface area contributed by atoms with Crippen LogP contribution in [0.5, 0.6) is 0 Å². The molecule has 0 spiro atoms. The van der Waals surface area contributed by atoms with E-state index in [9.17, 15) is 23.2 Å². The maximum atomic E-state index is 13.9. The summed E-state index contributed by atoms with van der Waals surface area (Å²) in [5, 5.41) is 2.98. The molecule has 2 heterocycles. The van der Waals surface area contributed by atoms with E-state index >= 15 is 0 Å². The van der Waals surface area contributed by atoms with E-state index in [1.54, 1.807) is 6.92 Å². The third-order valence-corrected chi connectivity index (χ3v) is 8.95. The summed E-state index contributed by atoms with van der Waals surface area (Å²) in [4.78, 5) is 43.1. The summed E-state index contributed by atoms with van der Waals surface area (Å²) in [6, 6.07) is 9.20. The van der Waals surface area contributed by atoms with Gasteiger partial charge in [-0.15, -0.1) is 0 Å². The number of carbonyl (C=O) groups excluding carboxylic acids is 3. The van der Waals surface area contributed by atoms with Gasteiger partial charge in [0.1, 0.15) is 11.6 Å². The molecule has 230 valence electrons. The molecule has 1 aliphatic carbocycles. The first kappa shape index (κ1) is 31.8. The summed E-state index contributed by atoms with van der Waals surface area (Å²) < 4.78 is 27.0. The van der Waals surface area contributed by atoms with E-state index in [4.69, 9.17) is 0 Å². The van der Waals surface area contributed by atoms with Gasteiger partial charge >= 0.3 is 0 Å². The van der Waals surface area contributed by atoms with Crippen molar-refractivity contribution in [2.24, 2.45) is 5.92 Å². The number of ketones is 1. The van der Waals surface area contributed by atoms with Crippen LogP contribution in [0, 0.1) is 17.6 Å². The fourth-order valence-corrected chi connectivity index (χ4v) is 6.84. The van der Waals surface area contributed by atoms with Gasteiger partial charge in [0, 0.05) is 50.7 Å². The molecule has 2 aromatic carbocycles. The van der Waals surface area contributed by atoms with Gasteiger partial charge in [-0.25, -0.2) is 8.78 Å². The van der Waals surface area contributed by atoms with Gasteiger partial charge in [-0.2, -0.15) is 0 Å². The van der Waals surface area contributed by atoms with E-state index in [1.807, 2.05) is 35.8 Å². The van der Waals surface area contributed by atoms with Gasteiger partial charge in [-0.05, 0) is 68.2 Å². The zero-order chi connectivity index (χ0) is 30.2. The largest absolute Gasteiger partial charge is 0.341 e. The molecule has 3 aliphatic rings. The zero-order valence-electron chi connectivity index (χ0n) is 25.3. The lowest BCUT2D eigenvalue weighted by molar-refractivity contribution is -0.131. The Hall–Kier alpha value is -3.13. The molecule has 2 fully saturated rings. The molecule has 1 saturated heterocycles. The molecular formula is C34H47F2N3O3. The van der Waals surface area contributed by atoms with E-state index in [1.165, 1.54) is 18.6 Å². The highest BCUT2D eigenvalue weighted by Crippen LogP contribution is 2.34. The monoisotopic (exact) mass is 583 g/mol. The Bertz CT molecular complexity index is 1270. The minimum absolute atomic E-state index is 0. The molecule has 1 N–H and O–H groups in total. The minimum atomic E-state index is -0.633. The van der Waals surface area contributed by atoms with Crippen molar-refractivity contribution in [3.63, 3.8) is 0 Å². The van der Waals surface area contributed by atoms with Crippen molar-refractivity contribution in [3.8, 4) is 0 Å². The van der Waals surface area contributed by atoms with Gasteiger partial charge in [0.25, 0.3) is 5.91 Å². The number of likely N-dealkylation sites (tertiary alicyclic amines) is 1. The summed E-state index contributed by atoms with van der Waals surface area (Å²) in [6.45, 7) is 7.61. The van der Waals surface area contributed by atoms with Crippen LogP contribution in [-0.2, 0) is 22.6 Å². The highest BCUT2D eigenvalue weighted by Gasteiger charge is 2.38. The second-order valence-electron chi connectivity index (χ2n) is 11.6. The molecule has 0 bridgehead atoms. The molecule has 1 saturated carbocycles. The van der Waals surface area contributed by atoms with E-state index in [0.717, 1.165) is 62.1 Å². The van der Waals surface area contributed by atoms with Crippen molar-refractivity contribution in [2.45, 2.75) is 90.6 Å². The number of benzene rings is 2. The van der Waals surface area contributed by atoms with Crippen LogP contribution in [0.3, 0.4) is 0 Å². The Morgan fingerprint density at radius 2 is 1.76 bits per heavy atom. The van der Waals surface area contributed by atoms with Crippen LogP contribution in [0.1, 0.15) is 100 Å². The first-order chi connectivity index (χ1) is 20.3. The number of Topliss-reactive ketones (excluding diaryl/α,β-unsaturated/α-hetero) is 1. The van der Waals surface area contributed by atoms with Gasteiger partial charge in [0.05, 0.1) is 12.6 Å². The number of amides is 2. The van der Waals surface area contributed by atoms with Crippen molar-refractivity contribution >= 4 is 17.6 Å². The second kappa shape index (κ2) is 14.9. The fraction of sp³-hybridized carbons (Fsp3) is 0.559. The predicted molar refractivity (Wildman–Crippen MR) is 162 cm³/mol. The van der Waals surface area contributed by atoms with Crippen LogP contribution in [0.2, 0.25) is 0 Å². The van der Waals surface area contributed by atoms with Gasteiger partial charge < -0.3 is 15.1 Å². The summed E-state index contributed by atoms with van der Waals surface area (Å²) in [6.07, 6.45) is 7.96. The number of fused-ring (bicyclic) bond motifs is 1. The molecule has 1 unspecified atom stereocenters. The van der Waals surface area contributed by atoms with Crippen molar-refractivity contribution in [1.29, 1.82) is 0 Å². The molecule has 2 amide bonds. The second-order valence-corrected chi connectivity index (χ2v) is 11.6. The fourth-order valence-electron chi connectivity index (χ4n) is 6.84. The third kappa shape index (κ3) is 7.44. The maximum Gasteiger partial charge on any atom is 0.254 e. The zero-order valence-corrected chi connectivity index (χ0v) is 25.3. The third-order valence-electron chi connectivity index (χ3n) is 8.95. The number of hydrogen-bond acceptors (Lipinski definition) is 4. The van der Waals surface area contributed by atoms with Crippen LogP contribution in [0.15, 0.2) is 36.4 Å². The molecule has 8 heteroatoms. The molecule has 5 rings (SSSR count). The van der Waals surface area contributed by atoms with Crippen molar-refractivity contribution in [1.82, 2.24) is 15.1 Å². The summed E-state index contributed by atoms with van der Waals surface area (Å²) >= 11 is 0. The topological polar surface area (TPSA) is 69.7 Å². The molecule has 6 nitrogen and oxygen atoms in total. The average Bonchev–Trinajstić information content (AvgIpc) is 3.01. The van der Waals surface area contributed by atoms with E-state index in [-0.39, 0.29) is 50.0 Å². The number of halogens is 2. The number of nitrogens with zero attached hydrogens (tertiary/aromatic N) is 2. The maximum absolute atomic E-state index is 13.9. The molecule has 42 heavy (non-hydrogen) atoms. The number of rotatable bonds is 8.